The van der Waals surface area contributed by atoms with E-state index in [1.165, 1.54) is 0 Å². The molecule has 180 valence electrons. The van der Waals surface area contributed by atoms with Crippen molar-refractivity contribution < 1.29 is 28.8 Å². The second-order valence-corrected chi connectivity index (χ2v) is 4.48. The van der Waals surface area contributed by atoms with E-state index >= 15 is 0 Å². The molecule has 0 spiro atoms. The third kappa shape index (κ3) is 42.3. The van der Waals surface area contributed by atoms with Gasteiger partial charge in [-0.15, -0.1) is 0 Å². The highest BCUT2D eigenvalue weighted by Crippen LogP contribution is 1.84. The van der Waals surface area contributed by atoms with Gasteiger partial charge in [0.1, 0.15) is 0 Å². The number of hydrogen-bond donors (Lipinski definition) is 3. The number of aliphatic hydroxyl groups is 1. The van der Waals surface area contributed by atoms with E-state index in [1.807, 2.05) is 48.5 Å². The molecule has 0 unspecified atom stereocenters. The van der Waals surface area contributed by atoms with Crippen LogP contribution < -0.4 is 11.1 Å². The molecule has 0 heterocycles. The number of rotatable bonds is 18. The molecule has 0 aliphatic carbocycles. The fourth-order valence-electron chi connectivity index (χ4n) is 1.40. The van der Waals surface area contributed by atoms with Crippen molar-refractivity contribution >= 4 is 0 Å². The van der Waals surface area contributed by atoms with Crippen molar-refractivity contribution in [1.82, 2.24) is 5.32 Å². The highest BCUT2D eigenvalue weighted by atomic mass is 16.6. The lowest BCUT2D eigenvalue weighted by molar-refractivity contribution is -0.00985. The van der Waals surface area contributed by atoms with Crippen LogP contribution in [0.5, 0.6) is 0 Å². The summed E-state index contributed by atoms with van der Waals surface area (Å²) in [5.41, 5.74) is 5.80. The number of ether oxygens (including phenoxy) is 5. The predicted octanol–water partition coefficient (Wildman–Crippen LogP) is 2.55. The summed E-state index contributed by atoms with van der Waals surface area (Å²) in [7, 11) is 0. The molecule has 8 heteroatoms. The molecule has 0 aromatic rings. The van der Waals surface area contributed by atoms with Crippen LogP contribution in [-0.4, -0.2) is 84.3 Å². The number of hydrogen-bond acceptors (Lipinski definition) is 8. The molecule has 0 aliphatic heterocycles. The van der Waals surface area contributed by atoms with Gasteiger partial charge in [0, 0.05) is 25.0 Å². The highest BCUT2D eigenvalue weighted by Gasteiger charge is 1.93. The number of nitrogens with one attached hydrogen (secondary N) is 1. The van der Waals surface area contributed by atoms with Gasteiger partial charge in [-0.2, -0.15) is 0 Å². The molecular weight excluding hydrogens is 376 g/mol. The maximum atomic E-state index is 8.67. The monoisotopic (exact) mass is 426 g/mol. The van der Waals surface area contributed by atoms with Crippen LogP contribution in [0.2, 0.25) is 0 Å². The molecule has 29 heavy (non-hydrogen) atoms. The van der Waals surface area contributed by atoms with Gasteiger partial charge in [-0.05, 0) is 6.92 Å². The first-order valence-electron chi connectivity index (χ1n) is 11.0. The van der Waals surface area contributed by atoms with Crippen LogP contribution in [0.25, 0.3) is 0 Å². The van der Waals surface area contributed by atoms with Crippen molar-refractivity contribution in [2.75, 3.05) is 79.2 Å². The largest absolute Gasteiger partial charge is 0.399 e. The molecule has 0 radical (unpaired) electrons. The van der Waals surface area contributed by atoms with E-state index in [1.54, 1.807) is 6.20 Å². The molecule has 0 bridgehead atoms. The standard InChI is InChI=1S/C15H32N2O6.3C2H6/c1-2-19-5-6-21-9-10-23-12-11-22-8-7-20-4-3-17-13-15(16)14-18;3*1-2/h13,17-18H,2-12,14,16H2,1H3;3*1-2H3/b15-13-;;;. The molecule has 0 aliphatic rings. The van der Waals surface area contributed by atoms with Crippen molar-refractivity contribution in [3.8, 4) is 0 Å². The predicted molar refractivity (Wildman–Crippen MR) is 121 cm³/mol. The first-order valence-corrected chi connectivity index (χ1v) is 11.0. The van der Waals surface area contributed by atoms with Gasteiger partial charge in [0.2, 0.25) is 0 Å². The van der Waals surface area contributed by atoms with Crippen molar-refractivity contribution in [2.24, 2.45) is 5.73 Å². The molecule has 0 fully saturated rings. The maximum absolute atomic E-state index is 8.67. The van der Waals surface area contributed by atoms with Gasteiger partial charge in [0.25, 0.3) is 0 Å². The molecule has 0 saturated carbocycles. The molecule has 0 atom stereocenters. The summed E-state index contributed by atoms with van der Waals surface area (Å²) in [6.07, 6.45) is 1.57. The second kappa shape index (κ2) is 41.5. The van der Waals surface area contributed by atoms with Crippen molar-refractivity contribution in [3.05, 3.63) is 11.9 Å². The summed E-state index contributed by atoms with van der Waals surface area (Å²) in [6, 6.07) is 0. The zero-order chi connectivity index (χ0) is 23.0. The molecular formula is C21H50N2O6. The third-order valence-corrected chi connectivity index (χ3v) is 2.55. The van der Waals surface area contributed by atoms with E-state index in [4.69, 9.17) is 34.5 Å². The van der Waals surface area contributed by atoms with E-state index in [0.717, 1.165) is 0 Å². The Morgan fingerprint density at radius 3 is 1.38 bits per heavy atom. The second-order valence-electron chi connectivity index (χ2n) is 4.48. The molecule has 0 aromatic carbocycles. The Kier molecular flexibility index (Phi) is 50.8. The smallest absolute Gasteiger partial charge is 0.0840 e. The first kappa shape index (κ1) is 35.5. The summed E-state index contributed by atoms with van der Waals surface area (Å²) >= 11 is 0. The number of aliphatic hydroxyl groups excluding tert-OH is 1. The lowest BCUT2D eigenvalue weighted by atomic mass is 10.5. The minimum Gasteiger partial charge on any atom is -0.399 e. The SMILES string of the molecule is CC.CC.CC.CCOCCOCCOCCOCCOCCN/C=C(\N)CO. The van der Waals surface area contributed by atoms with E-state index in [2.05, 4.69) is 5.32 Å². The zero-order valence-electron chi connectivity index (χ0n) is 20.1. The molecule has 0 saturated heterocycles. The maximum Gasteiger partial charge on any atom is 0.0840 e. The molecule has 0 rings (SSSR count). The Morgan fingerprint density at radius 2 is 1.03 bits per heavy atom. The lowest BCUT2D eigenvalue weighted by Gasteiger charge is -2.08. The van der Waals surface area contributed by atoms with Crippen LogP contribution in [0.4, 0.5) is 0 Å². The number of nitrogens with two attached hydrogens (primary N) is 1. The Balaban J connectivity index is -0.000000472. The molecule has 4 N–H and O–H groups in total. The van der Waals surface area contributed by atoms with Crippen LogP contribution in [0.3, 0.4) is 0 Å². The zero-order valence-corrected chi connectivity index (χ0v) is 20.1. The lowest BCUT2D eigenvalue weighted by Crippen LogP contribution is -2.18. The Labute approximate surface area is 180 Å². The van der Waals surface area contributed by atoms with Crippen molar-refractivity contribution in [3.63, 3.8) is 0 Å². The minimum atomic E-state index is -0.150. The van der Waals surface area contributed by atoms with Gasteiger partial charge in [-0.25, -0.2) is 0 Å². The molecule has 0 aromatic heterocycles. The third-order valence-electron chi connectivity index (χ3n) is 2.55. The average molecular weight is 427 g/mol. The van der Waals surface area contributed by atoms with Crippen LogP contribution in [-0.2, 0) is 23.7 Å². The normalized spacial score (nSPS) is 10.0. The van der Waals surface area contributed by atoms with Gasteiger partial charge in [0.05, 0.1) is 66.1 Å². The summed E-state index contributed by atoms with van der Waals surface area (Å²) in [6.45, 7) is 20.2. The van der Waals surface area contributed by atoms with Crippen molar-refractivity contribution in [2.45, 2.75) is 48.5 Å². The quantitative estimate of drug-likeness (QED) is 0.287. The Bertz CT molecular complexity index is 270. The van der Waals surface area contributed by atoms with Crippen LogP contribution in [0.1, 0.15) is 48.5 Å². The fourth-order valence-corrected chi connectivity index (χ4v) is 1.40. The molecule has 8 nitrogen and oxygen atoms in total. The van der Waals surface area contributed by atoms with Crippen molar-refractivity contribution in [1.29, 1.82) is 0 Å². The van der Waals surface area contributed by atoms with Gasteiger partial charge in [-0.1, -0.05) is 41.5 Å². The fraction of sp³-hybridized carbons (Fsp3) is 0.905. The molecule has 0 amide bonds. The highest BCUT2D eigenvalue weighted by molar-refractivity contribution is 4.93. The summed E-state index contributed by atoms with van der Waals surface area (Å²) in [5, 5.41) is 11.6. The van der Waals surface area contributed by atoms with Gasteiger partial charge in [0.15, 0.2) is 0 Å². The first-order chi connectivity index (χ1) is 14.3. The van der Waals surface area contributed by atoms with Gasteiger partial charge in [-0.3, -0.25) is 0 Å². The van der Waals surface area contributed by atoms with Crippen LogP contribution in [0, 0.1) is 0 Å². The van der Waals surface area contributed by atoms with E-state index in [0.29, 0.717) is 78.3 Å². The van der Waals surface area contributed by atoms with E-state index in [-0.39, 0.29) is 6.61 Å². The Morgan fingerprint density at radius 1 is 0.690 bits per heavy atom. The topological polar surface area (TPSA) is 104 Å². The van der Waals surface area contributed by atoms with E-state index < -0.39 is 0 Å². The van der Waals surface area contributed by atoms with Crippen LogP contribution >= 0.6 is 0 Å². The summed E-state index contributed by atoms with van der Waals surface area (Å²) < 4.78 is 26.5. The Hall–Kier alpha value is -0.900. The van der Waals surface area contributed by atoms with Crippen LogP contribution in [0.15, 0.2) is 11.9 Å². The minimum absolute atomic E-state index is 0.150. The van der Waals surface area contributed by atoms with E-state index in [9.17, 15) is 0 Å². The summed E-state index contributed by atoms with van der Waals surface area (Å²) in [4.78, 5) is 0. The summed E-state index contributed by atoms with van der Waals surface area (Å²) in [5.74, 6) is 0. The van der Waals surface area contributed by atoms with Gasteiger partial charge < -0.3 is 39.8 Å². The average Bonchev–Trinajstić information content (AvgIpc) is 2.79. The van der Waals surface area contributed by atoms with Gasteiger partial charge >= 0.3 is 0 Å².